The van der Waals surface area contributed by atoms with Crippen LogP contribution in [0.3, 0.4) is 0 Å². The normalized spacial score (nSPS) is 11.2. The molecular weight excluding hydrogens is 233 g/mol. The molecular formula is C14H20FNO2. The van der Waals surface area contributed by atoms with Crippen molar-refractivity contribution in [1.82, 2.24) is 4.90 Å². The number of nitrogens with zero attached hydrogens (tertiary/aromatic N) is 1. The van der Waals surface area contributed by atoms with Crippen molar-refractivity contribution in [3.63, 3.8) is 0 Å². The van der Waals surface area contributed by atoms with Gasteiger partial charge in [-0.05, 0) is 36.2 Å². The second kappa shape index (κ2) is 6.50. The minimum Gasteiger partial charge on any atom is -0.478 e. The van der Waals surface area contributed by atoms with E-state index in [9.17, 15) is 9.18 Å². The van der Waals surface area contributed by atoms with Crippen LogP contribution in [0, 0.1) is 11.7 Å². The number of halogens is 1. The molecule has 0 aliphatic heterocycles. The minimum atomic E-state index is -1.01. The number of carboxylic acid groups (broad SMARTS) is 1. The molecule has 0 heterocycles. The summed E-state index contributed by atoms with van der Waals surface area (Å²) in [5, 5.41) is 9.08. The van der Waals surface area contributed by atoms with E-state index in [-0.39, 0.29) is 5.56 Å². The lowest BCUT2D eigenvalue weighted by Gasteiger charge is -2.23. The molecule has 18 heavy (non-hydrogen) atoms. The molecule has 0 aromatic heterocycles. The lowest BCUT2D eigenvalue weighted by atomic mass is 10.1. The predicted molar refractivity (Wildman–Crippen MR) is 69.1 cm³/mol. The van der Waals surface area contributed by atoms with E-state index in [1.54, 1.807) is 0 Å². The number of hydrogen-bond acceptors (Lipinski definition) is 2. The first-order valence-corrected chi connectivity index (χ1v) is 6.18. The summed E-state index contributed by atoms with van der Waals surface area (Å²) in [5.41, 5.74) is 0.712. The summed E-state index contributed by atoms with van der Waals surface area (Å²) in [6, 6.07) is 3.83. The molecule has 0 aliphatic rings. The van der Waals surface area contributed by atoms with Crippen molar-refractivity contribution in [2.45, 2.75) is 27.3 Å². The van der Waals surface area contributed by atoms with E-state index < -0.39 is 11.8 Å². The highest BCUT2D eigenvalue weighted by Gasteiger charge is 2.14. The summed E-state index contributed by atoms with van der Waals surface area (Å²) in [5.74, 6) is -0.909. The monoisotopic (exact) mass is 253 g/mol. The Hall–Kier alpha value is -1.42. The van der Waals surface area contributed by atoms with Crippen LogP contribution in [-0.4, -0.2) is 29.1 Å². The van der Waals surface area contributed by atoms with Crippen LogP contribution in [0.4, 0.5) is 4.39 Å². The van der Waals surface area contributed by atoms with Gasteiger partial charge in [0.15, 0.2) is 0 Å². The summed E-state index contributed by atoms with van der Waals surface area (Å²) in [6.07, 6.45) is 0. The van der Waals surface area contributed by atoms with E-state index in [1.165, 1.54) is 18.2 Å². The van der Waals surface area contributed by atoms with Gasteiger partial charge in [-0.15, -0.1) is 0 Å². The molecule has 0 aliphatic carbocycles. The summed E-state index contributed by atoms with van der Waals surface area (Å²) < 4.78 is 13.2. The first-order valence-electron chi connectivity index (χ1n) is 6.18. The molecule has 0 radical (unpaired) electrons. The maximum absolute atomic E-state index is 13.2. The molecule has 0 amide bonds. The summed E-state index contributed by atoms with van der Waals surface area (Å²) >= 11 is 0. The van der Waals surface area contributed by atoms with E-state index >= 15 is 0 Å². The van der Waals surface area contributed by atoms with Gasteiger partial charge in [0.25, 0.3) is 0 Å². The Morgan fingerprint density at radius 1 is 1.44 bits per heavy atom. The Labute approximate surface area is 107 Å². The van der Waals surface area contributed by atoms with Crippen molar-refractivity contribution < 1.29 is 14.3 Å². The first kappa shape index (κ1) is 14.6. The largest absolute Gasteiger partial charge is 0.478 e. The molecule has 0 fully saturated rings. The van der Waals surface area contributed by atoms with Crippen LogP contribution in [0.25, 0.3) is 0 Å². The zero-order valence-electron chi connectivity index (χ0n) is 11.1. The van der Waals surface area contributed by atoms with Gasteiger partial charge in [-0.3, -0.25) is 4.90 Å². The quantitative estimate of drug-likeness (QED) is 0.847. The molecule has 100 valence electrons. The van der Waals surface area contributed by atoms with Gasteiger partial charge in [-0.1, -0.05) is 20.8 Å². The lowest BCUT2D eigenvalue weighted by molar-refractivity contribution is 0.0694. The van der Waals surface area contributed by atoms with Crippen LogP contribution in [0.15, 0.2) is 18.2 Å². The Bertz CT molecular complexity index is 418. The van der Waals surface area contributed by atoms with Gasteiger partial charge in [0, 0.05) is 13.1 Å². The molecule has 0 atom stereocenters. The van der Waals surface area contributed by atoms with Gasteiger partial charge in [0.2, 0.25) is 0 Å². The third-order valence-electron chi connectivity index (χ3n) is 2.76. The second-order valence-electron chi connectivity index (χ2n) is 4.83. The van der Waals surface area contributed by atoms with E-state index in [0.29, 0.717) is 18.0 Å². The highest BCUT2D eigenvalue weighted by atomic mass is 19.1. The Morgan fingerprint density at radius 2 is 2.11 bits per heavy atom. The van der Waals surface area contributed by atoms with Crippen LogP contribution >= 0.6 is 0 Å². The standard InChI is InChI=1S/C14H20FNO2/c1-4-16(8-10(2)3)9-11-7-12(15)5-6-13(11)14(17)18/h5-7,10H,4,8-9H2,1-3H3,(H,17,18). The average Bonchev–Trinajstić information content (AvgIpc) is 2.27. The van der Waals surface area contributed by atoms with Crippen LogP contribution in [0.1, 0.15) is 36.7 Å². The van der Waals surface area contributed by atoms with Crippen molar-refractivity contribution >= 4 is 5.97 Å². The van der Waals surface area contributed by atoms with Crippen molar-refractivity contribution in [3.05, 3.63) is 35.1 Å². The van der Waals surface area contributed by atoms with Crippen LogP contribution < -0.4 is 0 Å². The van der Waals surface area contributed by atoms with Crippen LogP contribution in [0.5, 0.6) is 0 Å². The number of hydrogen-bond donors (Lipinski definition) is 1. The number of rotatable bonds is 6. The van der Waals surface area contributed by atoms with E-state index in [4.69, 9.17) is 5.11 Å². The Morgan fingerprint density at radius 3 is 2.61 bits per heavy atom. The van der Waals surface area contributed by atoms with Gasteiger partial charge in [-0.2, -0.15) is 0 Å². The zero-order valence-corrected chi connectivity index (χ0v) is 11.1. The molecule has 1 aromatic rings. The van der Waals surface area contributed by atoms with Crippen molar-refractivity contribution in [1.29, 1.82) is 0 Å². The molecule has 4 heteroatoms. The average molecular weight is 253 g/mol. The van der Waals surface area contributed by atoms with Gasteiger partial charge < -0.3 is 5.11 Å². The second-order valence-corrected chi connectivity index (χ2v) is 4.83. The summed E-state index contributed by atoms with van der Waals surface area (Å²) in [6.45, 7) is 8.37. The number of aromatic carboxylic acids is 1. The maximum atomic E-state index is 13.2. The summed E-state index contributed by atoms with van der Waals surface area (Å²) in [7, 11) is 0. The molecule has 3 nitrogen and oxygen atoms in total. The molecule has 1 rings (SSSR count). The smallest absolute Gasteiger partial charge is 0.336 e. The van der Waals surface area contributed by atoms with Crippen LogP contribution in [-0.2, 0) is 6.54 Å². The fraction of sp³-hybridized carbons (Fsp3) is 0.500. The van der Waals surface area contributed by atoms with Crippen molar-refractivity contribution in [2.75, 3.05) is 13.1 Å². The predicted octanol–water partition coefficient (Wildman–Crippen LogP) is 3.00. The number of carboxylic acids is 1. The fourth-order valence-corrected chi connectivity index (χ4v) is 1.96. The SMILES string of the molecule is CCN(Cc1cc(F)ccc1C(=O)O)CC(C)C. The minimum absolute atomic E-state index is 0.179. The third-order valence-corrected chi connectivity index (χ3v) is 2.76. The highest BCUT2D eigenvalue weighted by molar-refractivity contribution is 5.89. The van der Waals surface area contributed by atoms with E-state index in [1.807, 2.05) is 6.92 Å². The van der Waals surface area contributed by atoms with Crippen molar-refractivity contribution in [2.24, 2.45) is 5.92 Å². The highest BCUT2D eigenvalue weighted by Crippen LogP contribution is 2.15. The van der Waals surface area contributed by atoms with Gasteiger partial charge in [-0.25, -0.2) is 9.18 Å². The third kappa shape index (κ3) is 4.11. The maximum Gasteiger partial charge on any atom is 0.336 e. The fourth-order valence-electron chi connectivity index (χ4n) is 1.96. The Balaban J connectivity index is 2.93. The van der Waals surface area contributed by atoms with Gasteiger partial charge in [0.05, 0.1) is 5.56 Å². The molecule has 1 aromatic carbocycles. The number of benzene rings is 1. The number of carbonyl (C=O) groups is 1. The molecule has 0 saturated carbocycles. The van der Waals surface area contributed by atoms with Crippen LogP contribution in [0.2, 0.25) is 0 Å². The topological polar surface area (TPSA) is 40.5 Å². The molecule has 0 saturated heterocycles. The lowest BCUT2D eigenvalue weighted by Crippen LogP contribution is -2.28. The van der Waals surface area contributed by atoms with Gasteiger partial charge >= 0.3 is 5.97 Å². The van der Waals surface area contributed by atoms with E-state index in [0.717, 1.165) is 13.1 Å². The van der Waals surface area contributed by atoms with Crippen molar-refractivity contribution in [3.8, 4) is 0 Å². The Kier molecular flexibility index (Phi) is 5.28. The van der Waals surface area contributed by atoms with E-state index in [2.05, 4.69) is 18.7 Å². The molecule has 0 bridgehead atoms. The zero-order chi connectivity index (χ0) is 13.7. The first-order chi connectivity index (χ1) is 8.43. The van der Waals surface area contributed by atoms with Gasteiger partial charge in [0.1, 0.15) is 5.82 Å². The molecule has 0 spiro atoms. The molecule has 1 N–H and O–H groups in total. The molecule has 0 unspecified atom stereocenters. The summed E-state index contributed by atoms with van der Waals surface area (Å²) in [4.78, 5) is 13.2.